The summed E-state index contributed by atoms with van der Waals surface area (Å²) in [5, 5.41) is 4.96. The van der Waals surface area contributed by atoms with E-state index in [1.54, 1.807) is 11.3 Å². The van der Waals surface area contributed by atoms with Crippen molar-refractivity contribution in [3.05, 3.63) is 33.7 Å². The van der Waals surface area contributed by atoms with E-state index in [2.05, 4.69) is 35.0 Å². The van der Waals surface area contributed by atoms with Gasteiger partial charge in [-0.2, -0.15) is 0 Å². The zero-order valence-corrected chi connectivity index (χ0v) is 11.0. The van der Waals surface area contributed by atoms with Gasteiger partial charge >= 0.3 is 0 Å². The number of thiophene rings is 1. The first-order valence-corrected chi connectivity index (χ1v) is 6.88. The standard InChI is InChI=1S/C11H10BrClS/c1-2-7-4-11-9(3-8(7)5-12)10(13)6-14-11/h3-4,6H,2,5H2,1H3. The summed E-state index contributed by atoms with van der Waals surface area (Å²) in [7, 11) is 0. The highest BCUT2D eigenvalue weighted by Crippen LogP contribution is 2.33. The maximum absolute atomic E-state index is 6.09. The Labute approximate surface area is 101 Å². The summed E-state index contributed by atoms with van der Waals surface area (Å²) < 4.78 is 1.29. The van der Waals surface area contributed by atoms with Gasteiger partial charge in [0.05, 0.1) is 5.02 Å². The quantitative estimate of drug-likeness (QED) is 0.682. The van der Waals surface area contributed by atoms with Crippen LogP contribution >= 0.6 is 38.9 Å². The van der Waals surface area contributed by atoms with Gasteiger partial charge in [0.15, 0.2) is 0 Å². The second-order valence-electron chi connectivity index (χ2n) is 3.19. The average Bonchev–Trinajstić information content (AvgIpc) is 2.58. The lowest BCUT2D eigenvalue weighted by atomic mass is 10.0. The maximum Gasteiger partial charge on any atom is 0.0591 e. The number of aryl methyl sites for hydroxylation is 1. The van der Waals surface area contributed by atoms with Crippen molar-refractivity contribution in [3.8, 4) is 0 Å². The highest BCUT2D eigenvalue weighted by atomic mass is 79.9. The Morgan fingerprint density at radius 2 is 2.14 bits per heavy atom. The van der Waals surface area contributed by atoms with Gasteiger partial charge < -0.3 is 0 Å². The van der Waals surface area contributed by atoms with E-state index in [0.29, 0.717) is 0 Å². The maximum atomic E-state index is 6.09. The van der Waals surface area contributed by atoms with E-state index in [1.807, 2.05) is 5.38 Å². The van der Waals surface area contributed by atoms with Gasteiger partial charge in [0, 0.05) is 20.8 Å². The van der Waals surface area contributed by atoms with Crippen molar-refractivity contribution in [2.45, 2.75) is 18.7 Å². The molecule has 0 fully saturated rings. The van der Waals surface area contributed by atoms with Crippen LogP contribution in [-0.2, 0) is 11.8 Å². The van der Waals surface area contributed by atoms with Crippen LogP contribution < -0.4 is 0 Å². The normalized spacial score (nSPS) is 11.1. The summed E-state index contributed by atoms with van der Waals surface area (Å²) in [4.78, 5) is 0. The topological polar surface area (TPSA) is 0 Å². The Balaban J connectivity index is 2.71. The van der Waals surface area contributed by atoms with Crippen LogP contribution in [0.2, 0.25) is 5.02 Å². The lowest BCUT2D eigenvalue weighted by Crippen LogP contribution is -1.88. The van der Waals surface area contributed by atoms with Crippen molar-refractivity contribution < 1.29 is 0 Å². The highest BCUT2D eigenvalue weighted by Gasteiger charge is 2.06. The number of hydrogen-bond acceptors (Lipinski definition) is 1. The van der Waals surface area contributed by atoms with Gasteiger partial charge in [-0.15, -0.1) is 11.3 Å². The Morgan fingerprint density at radius 3 is 2.79 bits per heavy atom. The van der Waals surface area contributed by atoms with E-state index in [9.17, 15) is 0 Å². The minimum Gasteiger partial charge on any atom is -0.142 e. The summed E-state index contributed by atoms with van der Waals surface area (Å²) in [6.45, 7) is 2.18. The molecule has 2 rings (SSSR count). The van der Waals surface area contributed by atoms with Crippen molar-refractivity contribution in [2.75, 3.05) is 0 Å². The van der Waals surface area contributed by atoms with Gasteiger partial charge in [-0.05, 0) is 29.7 Å². The summed E-state index contributed by atoms with van der Waals surface area (Å²) in [5.41, 5.74) is 2.76. The monoisotopic (exact) mass is 288 g/mol. The zero-order valence-electron chi connectivity index (χ0n) is 7.81. The van der Waals surface area contributed by atoms with Crippen LogP contribution in [0.1, 0.15) is 18.1 Å². The minimum absolute atomic E-state index is 0.870. The van der Waals surface area contributed by atoms with Crippen LogP contribution in [0.4, 0.5) is 0 Å². The molecule has 0 radical (unpaired) electrons. The number of hydrogen-bond donors (Lipinski definition) is 0. The molecule has 0 aliphatic rings. The van der Waals surface area contributed by atoms with Crippen LogP contribution in [0.15, 0.2) is 17.5 Å². The number of benzene rings is 1. The lowest BCUT2D eigenvalue weighted by molar-refractivity contribution is 1.11. The molecule has 0 N–H and O–H groups in total. The number of halogens is 2. The predicted octanol–water partition coefficient (Wildman–Crippen LogP) is 5.01. The first-order valence-electron chi connectivity index (χ1n) is 4.50. The Hall–Kier alpha value is -0.0500. The van der Waals surface area contributed by atoms with E-state index in [1.165, 1.54) is 21.2 Å². The van der Waals surface area contributed by atoms with Gasteiger partial charge in [0.1, 0.15) is 0 Å². The highest BCUT2D eigenvalue weighted by molar-refractivity contribution is 9.08. The first-order chi connectivity index (χ1) is 6.76. The average molecular weight is 290 g/mol. The van der Waals surface area contributed by atoms with Crippen molar-refractivity contribution >= 4 is 49.0 Å². The van der Waals surface area contributed by atoms with E-state index in [0.717, 1.165) is 16.8 Å². The second kappa shape index (κ2) is 4.21. The second-order valence-corrected chi connectivity index (χ2v) is 5.07. The molecule has 2 aromatic rings. The molecular weight excluding hydrogens is 280 g/mol. The number of alkyl halides is 1. The zero-order chi connectivity index (χ0) is 10.1. The molecule has 1 heterocycles. The Morgan fingerprint density at radius 1 is 1.36 bits per heavy atom. The molecular formula is C11H10BrClS. The predicted molar refractivity (Wildman–Crippen MR) is 68.8 cm³/mol. The van der Waals surface area contributed by atoms with Gasteiger partial charge in [-0.1, -0.05) is 34.5 Å². The lowest BCUT2D eigenvalue weighted by Gasteiger charge is -2.04. The summed E-state index contributed by atoms with van der Waals surface area (Å²) in [6, 6.07) is 4.45. The molecule has 3 heteroatoms. The molecule has 0 bridgehead atoms. The third kappa shape index (κ3) is 1.71. The van der Waals surface area contributed by atoms with Crippen molar-refractivity contribution in [3.63, 3.8) is 0 Å². The third-order valence-corrected chi connectivity index (χ3v) is 4.36. The van der Waals surface area contributed by atoms with Gasteiger partial charge in [-0.3, -0.25) is 0 Å². The summed E-state index contributed by atoms with van der Waals surface area (Å²) in [5.74, 6) is 0. The van der Waals surface area contributed by atoms with E-state index < -0.39 is 0 Å². The number of rotatable bonds is 2. The van der Waals surface area contributed by atoms with Crippen LogP contribution in [0, 0.1) is 0 Å². The minimum atomic E-state index is 0.870. The molecule has 0 atom stereocenters. The molecule has 0 aliphatic carbocycles. The van der Waals surface area contributed by atoms with Crippen molar-refractivity contribution in [1.29, 1.82) is 0 Å². The smallest absolute Gasteiger partial charge is 0.0591 e. The molecule has 0 unspecified atom stereocenters. The van der Waals surface area contributed by atoms with E-state index >= 15 is 0 Å². The summed E-state index contributed by atoms with van der Waals surface area (Å²) in [6.07, 6.45) is 1.08. The van der Waals surface area contributed by atoms with Crippen LogP contribution in [0.3, 0.4) is 0 Å². The van der Waals surface area contributed by atoms with Crippen LogP contribution in [0.5, 0.6) is 0 Å². The Kier molecular flexibility index (Phi) is 3.15. The molecule has 74 valence electrons. The van der Waals surface area contributed by atoms with Gasteiger partial charge in [0.2, 0.25) is 0 Å². The molecule has 14 heavy (non-hydrogen) atoms. The SMILES string of the molecule is CCc1cc2scc(Cl)c2cc1CBr. The molecule has 0 nitrogen and oxygen atoms in total. The number of fused-ring (bicyclic) bond motifs is 1. The van der Waals surface area contributed by atoms with Gasteiger partial charge in [-0.25, -0.2) is 0 Å². The van der Waals surface area contributed by atoms with Crippen molar-refractivity contribution in [2.24, 2.45) is 0 Å². The fourth-order valence-corrected chi connectivity index (χ4v) is 3.31. The van der Waals surface area contributed by atoms with Crippen molar-refractivity contribution in [1.82, 2.24) is 0 Å². The molecule has 0 amide bonds. The molecule has 0 saturated heterocycles. The largest absolute Gasteiger partial charge is 0.142 e. The fraction of sp³-hybridized carbons (Fsp3) is 0.273. The molecule has 1 aromatic heterocycles. The van der Waals surface area contributed by atoms with Gasteiger partial charge in [0.25, 0.3) is 0 Å². The van der Waals surface area contributed by atoms with Crippen LogP contribution in [-0.4, -0.2) is 0 Å². The summed E-state index contributed by atoms with van der Waals surface area (Å²) >= 11 is 11.3. The molecule has 0 spiro atoms. The van der Waals surface area contributed by atoms with E-state index in [-0.39, 0.29) is 0 Å². The Bertz CT molecular complexity index is 462. The molecule has 1 aromatic carbocycles. The molecule has 0 saturated carbocycles. The first kappa shape index (κ1) is 10.5. The fourth-order valence-electron chi connectivity index (χ4n) is 1.58. The van der Waals surface area contributed by atoms with E-state index in [4.69, 9.17) is 11.6 Å². The third-order valence-electron chi connectivity index (χ3n) is 2.37. The molecule has 0 aliphatic heterocycles. The van der Waals surface area contributed by atoms with Crippen LogP contribution in [0.25, 0.3) is 10.1 Å².